The maximum absolute atomic E-state index is 7.85. The summed E-state index contributed by atoms with van der Waals surface area (Å²) in [4.78, 5) is 12.7. The summed E-state index contributed by atoms with van der Waals surface area (Å²) in [5.41, 5.74) is 4.52. The number of benzene rings is 2. The van der Waals surface area contributed by atoms with E-state index in [1.54, 1.807) is 36.5 Å². The first kappa shape index (κ1) is 16.2. The first-order chi connectivity index (χ1) is 19.4. The third kappa shape index (κ3) is 6.77. The molecule has 0 aliphatic heterocycles. The van der Waals surface area contributed by atoms with Crippen molar-refractivity contribution >= 4 is 0 Å². The Balaban J connectivity index is 0.000000247. The Morgan fingerprint density at radius 2 is 1.44 bits per heavy atom. The first-order valence-electron chi connectivity index (χ1n) is 14.2. The van der Waals surface area contributed by atoms with E-state index in [2.05, 4.69) is 27.1 Å². The summed E-state index contributed by atoms with van der Waals surface area (Å²) in [5, 5.41) is 0. The molecule has 0 amide bonds. The van der Waals surface area contributed by atoms with Crippen LogP contribution in [0.1, 0.15) is 29.1 Å². The Labute approximate surface area is 226 Å². The van der Waals surface area contributed by atoms with E-state index in [-0.39, 0.29) is 31.4 Å². The Morgan fingerprint density at radius 3 is 1.97 bits per heavy atom. The van der Waals surface area contributed by atoms with Crippen LogP contribution < -0.4 is 0 Å². The van der Waals surface area contributed by atoms with E-state index >= 15 is 0 Å². The molecule has 34 heavy (non-hydrogen) atoms. The molecule has 5 aromatic rings. The molecule has 0 bridgehead atoms. The van der Waals surface area contributed by atoms with Crippen molar-refractivity contribution in [2.24, 2.45) is 0 Å². The van der Waals surface area contributed by atoms with Crippen LogP contribution >= 0.6 is 0 Å². The molecular weight excluding hydrogens is 595 g/mol. The van der Waals surface area contributed by atoms with Gasteiger partial charge in [-0.2, -0.15) is 0 Å². The molecule has 0 atom stereocenters. The molecule has 0 saturated heterocycles. The molecule has 1 radical (unpaired) electrons. The molecule has 0 fully saturated rings. The summed E-state index contributed by atoms with van der Waals surface area (Å²) in [6.45, 7) is -4.88. The van der Waals surface area contributed by atoms with Crippen molar-refractivity contribution in [3.05, 3.63) is 127 Å². The molecule has 3 aromatic heterocycles. The Kier molecular flexibility index (Phi) is 6.05. The van der Waals surface area contributed by atoms with Gasteiger partial charge in [0.25, 0.3) is 0 Å². The van der Waals surface area contributed by atoms with Crippen LogP contribution in [0, 0.1) is 19.0 Å². The summed E-state index contributed by atoms with van der Waals surface area (Å²) < 4.78 is 59.5. The molecule has 171 valence electrons. The number of nitrogens with zero attached hydrogens (tertiary/aromatic N) is 3. The monoisotopic (exact) mass is 628 g/mol. The van der Waals surface area contributed by atoms with Crippen LogP contribution in [0.2, 0.25) is 0 Å². The quantitative estimate of drug-likeness (QED) is 0.201. The van der Waals surface area contributed by atoms with Crippen LogP contribution in [-0.4, -0.2) is 15.0 Å². The fourth-order valence-corrected chi connectivity index (χ4v) is 3.03. The Bertz CT molecular complexity index is 1560. The van der Waals surface area contributed by atoms with Crippen LogP contribution in [-0.2, 0) is 26.5 Å². The second kappa shape index (κ2) is 12.7. The van der Waals surface area contributed by atoms with Crippen molar-refractivity contribution in [1.29, 1.82) is 0 Å². The molecule has 5 rings (SSSR count). The van der Waals surface area contributed by atoms with Gasteiger partial charge >= 0.3 is 0 Å². The smallest absolute Gasteiger partial charge is 0.0720 e. The van der Waals surface area contributed by atoms with Crippen LogP contribution in [0.25, 0.3) is 33.8 Å². The van der Waals surface area contributed by atoms with Crippen molar-refractivity contribution in [1.82, 2.24) is 15.0 Å². The number of pyridine rings is 3. The van der Waals surface area contributed by atoms with Gasteiger partial charge in [-0.05, 0) is 42.3 Å². The zero-order chi connectivity index (χ0) is 29.7. The number of hydrogen-bond acceptors (Lipinski definition) is 3. The van der Waals surface area contributed by atoms with Gasteiger partial charge in [-0.3, -0.25) is 4.98 Å². The van der Waals surface area contributed by atoms with Crippen molar-refractivity contribution in [3.63, 3.8) is 0 Å². The van der Waals surface area contributed by atoms with Crippen molar-refractivity contribution < 1.29 is 31.1 Å². The minimum atomic E-state index is -2.79. The molecule has 2 aromatic carbocycles. The third-order valence-corrected chi connectivity index (χ3v) is 4.67. The van der Waals surface area contributed by atoms with E-state index in [1.165, 1.54) is 12.3 Å². The number of aromatic nitrogens is 3. The Morgan fingerprint density at radius 1 is 0.735 bits per heavy atom. The summed E-state index contributed by atoms with van der Waals surface area (Å²) in [6.07, 6.45) is 0.506. The molecule has 3 nitrogen and oxygen atoms in total. The minimum Gasteiger partial charge on any atom is -0.304 e. The first-order valence-corrected chi connectivity index (χ1v) is 10.2. The van der Waals surface area contributed by atoms with E-state index in [9.17, 15) is 0 Å². The van der Waals surface area contributed by atoms with Gasteiger partial charge in [-0.25, -0.2) is 0 Å². The number of hydrogen-bond donors (Lipinski definition) is 0. The third-order valence-electron chi connectivity index (χ3n) is 4.67. The number of aryl methyl sites for hydroxylation is 2. The van der Waals surface area contributed by atoms with Gasteiger partial charge in [0.1, 0.15) is 0 Å². The SMILES string of the molecule is [2H]C([2H])([2H])C([2H])([2H])c1cccc(-c2ccc(-c3[c-]cccc3)nc2)n1.[2H]C([2H])([2H])c1ccc(-c2[c-]cccc2)nc1.[Ir]. The molecule has 4 heteroatoms. The minimum absolute atomic E-state index is 0. The topological polar surface area (TPSA) is 38.7 Å². The predicted molar refractivity (Wildman–Crippen MR) is 134 cm³/mol. The van der Waals surface area contributed by atoms with E-state index in [4.69, 9.17) is 11.0 Å². The van der Waals surface area contributed by atoms with Crippen LogP contribution in [0.5, 0.6) is 0 Å². The van der Waals surface area contributed by atoms with E-state index in [0.29, 0.717) is 11.3 Å². The van der Waals surface area contributed by atoms with Gasteiger partial charge in [0.05, 0.1) is 5.69 Å². The molecular formula is C30H25IrN3-2. The second-order valence-electron chi connectivity index (χ2n) is 6.95. The average molecular weight is 628 g/mol. The van der Waals surface area contributed by atoms with E-state index in [0.717, 1.165) is 22.5 Å². The molecule has 3 heterocycles. The van der Waals surface area contributed by atoms with Crippen molar-refractivity contribution in [2.75, 3.05) is 0 Å². The zero-order valence-corrected chi connectivity index (χ0v) is 20.4. The fourth-order valence-electron chi connectivity index (χ4n) is 3.03. The second-order valence-corrected chi connectivity index (χ2v) is 6.95. The zero-order valence-electron chi connectivity index (χ0n) is 26.0. The Hall–Kier alpha value is -3.46. The fraction of sp³-hybridized carbons (Fsp3) is 0.100. The van der Waals surface area contributed by atoms with Crippen molar-refractivity contribution in [2.45, 2.75) is 20.1 Å². The maximum atomic E-state index is 7.85. The standard InChI is InChI=1S/C18H15N2.C12H10N.Ir/c1-2-16-9-6-10-18(20-16)15-11-12-17(19-13-15)14-7-4-3-5-8-14;1-10-7-8-12(13-9-10)11-5-3-2-4-6-11;/h3-7,9-13H,2H2,1H3;2-5,7-9H,1H3;/q2*-1;/i1D3,2D2;1D3;. The summed E-state index contributed by atoms with van der Waals surface area (Å²) in [5.74, 6) is 0. The van der Waals surface area contributed by atoms with Crippen molar-refractivity contribution in [3.8, 4) is 33.8 Å². The summed E-state index contributed by atoms with van der Waals surface area (Å²) in [7, 11) is 0. The van der Waals surface area contributed by atoms with Gasteiger partial charge in [-0.1, -0.05) is 37.2 Å². The van der Waals surface area contributed by atoms with Gasteiger partial charge in [0.15, 0.2) is 0 Å². The van der Waals surface area contributed by atoms with Gasteiger partial charge < -0.3 is 9.97 Å². The predicted octanol–water partition coefficient (Wildman–Crippen LogP) is 7.03. The molecule has 0 saturated carbocycles. The molecule has 0 spiro atoms. The van der Waals surface area contributed by atoms with Gasteiger partial charge in [0.2, 0.25) is 0 Å². The molecule has 0 aliphatic carbocycles. The normalized spacial score (nSPS) is 14.6. The largest absolute Gasteiger partial charge is 0.304 e. The van der Waals surface area contributed by atoms with Gasteiger partial charge in [0, 0.05) is 54.7 Å². The van der Waals surface area contributed by atoms with Crippen LogP contribution in [0.4, 0.5) is 0 Å². The molecule has 0 N–H and O–H groups in total. The summed E-state index contributed by atoms with van der Waals surface area (Å²) in [6, 6.07) is 32.7. The molecule has 0 aliphatic rings. The number of rotatable bonds is 4. The van der Waals surface area contributed by atoms with Crippen LogP contribution in [0.3, 0.4) is 0 Å². The van der Waals surface area contributed by atoms with E-state index in [1.807, 2.05) is 54.6 Å². The molecule has 0 unspecified atom stereocenters. The maximum Gasteiger partial charge on any atom is 0.0720 e. The average Bonchev–Trinajstić information content (AvgIpc) is 2.98. The summed E-state index contributed by atoms with van der Waals surface area (Å²) >= 11 is 0. The van der Waals surface area contributed by atoms with E-state index < -0.39 is 20.1 Å². The van der Waals surface area contributed by atoms with Gasteiger partial charge in [-0.15, -0.1) is 71.8 Å². The van der Waals surface area contributed by atoms with Crippen LogP contribution in [0.15, 0.2) is 103 Å².